The van der Waals surface area contributed by atoms with Crippen molar-refractivity contribution in [1.29, 1.82) is 0 Å². The van der Waals surface area contributed by atoms with E-state index >= 15 is 0 Å². The molecule has 2 heterocycles. The summed E-state index contributed by atoms with van der Waals surface area (Å²) in [6.45, 7) is 1.97. The fourth-order valence-electron chi connectivity index (χ4n) is 1.28. The first-order chi connectivity index (χ1) is 6.27. The molecular formula is C8H11N5. The summed E-state index contributed by atoms with van der Waals surface area (Å²) in [7, 11) is 0. The molecule has 0 aliphatic carbocycles. The van der Waals surface area contributed by atoms with E-state index in [9.17, 15) is 0 Å². The first kappa shape index (κ1) is 8.12. The summed E-state index contributed by atoms with van der Waals surface area (Å²) in [5.41, 5.74) is 6.77. The lowest BCUT2D eigenvalue weighted by molar-refractivity contribution is 0.714. The molecule has 68 valence electrons. The van der Waals surface area contributed by atoms with E-state index < -0.39 is 0 Å². The number of hydrogen-bond donors (Lipinski definition) is 1. The van der Waals surface area contributed by atoms with E-state index in [4.69, 9.17) is 5.73 Å². The molecule has 0 aliphatic rings. The molecule has 2 N–H and O–H groups in total. The highest BCUT2D eigenvalue weighted by Gasteiger charge is 2.05. The molecule has 2 aromatic rings. The minimum atomic E-state index is 0.132. The highest BCUT2D eigenvalue weighted by atomic mass is 15.2. The van der Waals surface area contributed by atoms with E-state index in [0.29, 0.717) is 5.78 Å². The number of fused-ring (bicyclic) bond motifs is 1. The van der Waals surface area contributed by atoms with Gasteiger partial charge in [-0.25, -0.2) is 4.98 Å². The highest BCUT2D eigenvalue weighted by Crippen LogP contribution is 2.04. The molecule has 0 bridgehead atoms. The fraction of sp³-hybridized carbons (Fsp3) is 0.375. The summed E-state index contributed by atoms with van der Waals surface area (Å²) < 4.78 is 1.90. The number of imidazole rings is 1. The number of nitrogens with two attached hydrogens (primary N) is 1. The van der Waals surface area contributed by atoms with Crippen LogP contribution in [0.1, 0.15) is 12.6 Å². The first-order valence-corrected chi connectivity index (χ1v) is 4.16. The van der Waals surface area contributed by atoms with Gasteiger partial charge in [0, 0.05) is 24.4 Å². The van der Waals surface area contributed by atoms with E-state index in [2.05, 4.69) is 15.2 Å². The van der Waals surface area contributed by atoms with Crippen molar-refractivity contribution >= 4 is 5.78 Å². The van der Waals surface area contributed by atoms with Gasteiger partial charge in [0.05, 0.1) is 12.4 Å². The smallest absolute Gasteiger partial charge is 0.253 e. The zero-order chi connectivity index (χ0) is 9.26. The third kappa shape index (κ3) is 1.50. The molecule has 1 unspecified atom stereocenters. The van der Waals surface area contributed by atoms with Crippen LogP contribution < -0.4 is 5.73 Å². The molecule has 0 spiro atoms. The summed E-state index contributed by atoms with van der Waals surface area (Å²) in [5, 5.41) is 7.61. The lowest BCUT2D eigenvalue weighted by Crippen LogP contribution is -2.18. The third-order valence-corrected chi connectivity index (χ3v) is 1.81. The molecule has 0 saturated heterocycles. The minimum Gasteiger partial charge on any atom is -0.328 e. The summed E-state index contributed by atoms with van der Waals surface area (Å²) >= 11 is 0. The maximum absolute atomic E-state index is 5.70. The maximum atomic E-state index is 5.70. The molecule has 1 atom stereocenters. The van der Waals surface area contributed by atoms with Crippen LogP contribution in [0.3, 0.4) is 0 Å². The molecule has 0 aliphatic heterocycles. The Bertz CT molecular complexity index is 406. The van der Waals surface area contributed by atoms with Gasteiger partial charge in [0.2, 0.25) is 0 Å². The van der Waals surface area contributed by atoms with Gasteiger partial charge in [0.15, 0.2) is 0 Å². The van der Waals surface area contributed by atoms with Gasteiger partial charge in [0.1, 0.15) is 0 Å². The minimum absolute atomic E-state index is 0.132. The van der Waals surface area contributed by atoms with Gasteiger partial charge in [-0.05, 0) is 6.92 Å². The van der Waals surface area contributed by atoms with Crippen LogP contribution in [0.2, 0.25) is 0 Å². The Kier molecular flexibility index (Phi) is 1.94. The standard InChI is InChI=1S/C8H11N5/c1-6(9)4-7-5-10-8-12-11-2-3-13(7)8/h2-3,5-6H,4,9H2,1H3. The van der Waals surface area contributed by atoms with Crippen LogP contribution in [-0.4, -0.2) is 25.6 Å². The molecule has 0 radical (unpaired) electrons. The highest BCUT2D eigenvalue weighted by molar-refractivity contribution is 5.28. The van der Waals surface area contributed by atoms with E-state index in [1.807, 2.05) is 17.5 Å². The molecular weight excluding hydrogens is 166 g/mol. The Hall–Kier alpha value is -1.49. The van der Waals surface area contributed by atoms with Crippen LogP contribution in [0.4, 0.5) is 0 Å². The molecule has 0 amide bonds. The van der Waals surface area contributed by atoms with Crippen molar-refractivity contribution in [3.63, 3.8) is 0 Å². The largest absolute Gasteiger partial charge is 0.328 e. The molecule has 2 rings (SSSR count). The zero-order valence-corrected chi connectivity index (χ0v) is 7.38. The van der Waals surface area contributed by atoms with Gasteiger partial charge in [0.25, 0.3) is 5.78 Å². The van der Waals surface area contributed by atoms with Gasteiger partial charge in [-0.15, -0.1) is 5.10 Å². The molecule has 2 aromatic heterocycles. The van der Waals surface area contributed by atoms with Crippen molar-refractivity contribution in [2.45, 2.75) is 19.4 Å². The van der Waals surface area contributed by atoms with Crippen LogP contribution in [0.15, 0.2) is 18.6 Å². The van der Waals surface area contributed by atoms with Gasteiger partial charge in [-0.3, -0.25) is 4.40 Å². The Labute approximate surface area is 75.6 Å². The van der Waals surface area contributed by atoms with Gasteiger partial charge in [-0.1, -0.05) is 0 Å². The summed E-state index contributed by atoms with van der Waals surface area (Å²) in [6, 6.07) is 0.132. The second-order valence-corrected chi connectivity index (χ2v) is 3.11. The molecule has 5 nitrogen and oxygen atoms in total. The molecule has 5 heteroatoms. The normalized spacial score (nSPS) is 13.4. The Morgan fingerprint density at radius 2 is 2.46 bits per heavy atom. The van der Waals surface area contributed by atoms with E-state index in [1.165, 1.54) is 0 Å². The molecule has 0 fully saturated rings. The van der Waals surface area contributed by atoms with Crippen molar-refractivity contribution in [1.82, 2.24) is 19.6 Å². The SMILES string of the molecule is CC(N)Cc1cnc2nnccn12. The average Bonchev–Trinajstić information content (AvgIpc) is 2.48. The van der Waals surface area contributed by atoms with E-state index in [1.54, 1.807) is 12.4 Å². The van der Waals surface area contributed by atoms with Gasteiger partial charge in [-0.2, -0.15) is 5.10 Å². The lowest BCUT2D eigenvalue weighted by Gasteiger charge is -2.03. The fourth-order valence-corrected chi connectivity index (χ4v) is 1.28. The third-order valence-electron chi connectivity index (χ3n) is 1.81. The van der Waals surface area contributed by atoms with E-state index in [0.717, 1.165) is 12.1 Å². The van der Waals surface area contributed by atoms with Crippen molar-refractivity contribution in [3.05, 3.63) is 24.3 Å². The van der Waals surface area contributed by atoms with Crippen LogP contribution >= 0.6 is 0 Å². The first-order valence-electron chi connectivity index (χ1n) is 4.16. The molecule has 13 heavy (non-hydrogen) atoms. The predicted octanol–water partition coefficient (Wildman–Crippen LogP) is 0.0140. The summed E-state index contributed by atoms with van der Waals surface area (Å²) in [6.07, 6.45) is 6.06. The van der Waals surface area contributed by atoms with Crippen molar-refractivity contribution in [2.24, 2.45) is 5.73 Å². The Balaban J connectivity index is 2.46. The van der Waals surface area contributed by atoms with Crippen molar-refractivity contribution in [3.8, 4) is 0 Å². The van der Waals surface area contributed by atoms with Crippen LogP contribution in [-0.2, 0) is 6.42 Å². The quantitative estimate of drug-likeness (QED) is 0.701. The van der Waals surface area contributed by atoms with Crippen molar-refractivity contribution < 1.29 is 0 Å². The average molecular weight is 177 g/mol. The van der Waals surface area contributed by atoms with Crippen LogP contribution in [0.5, 0.6) is 0 Å². The Morgan fingerprint density at radius 3 is 3.23 bits per heavy atom. The number of rotatable bonds is 2. The van der Waals surface area contributed by atoms with Crippen LogP contribution in [0, 0.1) is 0 Å². The monoisotopic (exact) mass is 177 g/mol. The second-order valence-electron chi connectivity index (χ2n) is 3.11. The summed E-state index contributed by atoms with van der Waals surface area (Å²) in [4.78, 5) is 4.11. The van der Waals surface area contributed by atoms with Gasteiger partial charge < -0.3 is 5.73 Å². The number of hydrogen-bond acceptors (Lipinski definition) is 4. The van der Waals surface area contributed by atoms with Gasteiger partial charge >= 0.3 is 0 Å². The topological polar surface area (TPSA) is 69.1 Å². The predicted molar refractivity (Wildman–Crippen MR) is 48.1 cm³/mol. The zero-order valence-electron chi connectivity index (χ0n) is 7.38. The molecule has 0 saturated carbocycles. The lowest BCUT2D eigenvalue weighted by atomic mass is 10.2. The maximum Gasteiger partial charge on any atom is 0.253 e. The summed E-state index contributed by atoms with van der Waals surface area (Å²) in [5.74, 6) is 0.623. The number of aromatic nitrogens is 4. The van der Waals surface area contributed by atoms with Crippen LogP contribution in [0.25, 0.3) is 5.78 Å². The molecule has 0 aromatic carbocycles. The van der Waals surface area contributed by atoms with Crippen molar-refractivity contribution in [2.75, 3.05) is 0 Å². The Morgan fingerprint density at radius 1 is 1.62 bits per heavy atom. The second kappa shape index (κ2) is 3.10. The number of nitrogens with zero attached hydrogens (tertiary/aromatic N) is 4. The van der Waals surface area contributed by atoms with E-state index in [-0.39, 0.29) is 6.04 Å².